The van der Waals surface area contributed by atoms with E-state index in [0.717, 1.165) is 12.0 Å². The second kappa shape index (κ2) is 4.03. The lowest BCUT2D eigenvalue weighted by Gasteiger charge is -2.33. The Kier molecular flexibility index (Phi) is 2.74. The molecular weight excluding hydrogens is 184 g/mol. The van der Waals surface area contributed by atoms with Crippen LogP contribution in [-0.2, 0) is 5.60 Å². The lowest BCUT2D eigenvalue weighted by atomic mass is 9.77. The Morgan fingerprint density at radius 2 is 1.93 bits per heavy atom. The number of hydrogen-bond donors (Lipinski definition) is 1. The Morgan fingerprint density at radius 1 is 1.20 bits per heavy atom. The van der Waals surface area contributed by atoms with E-state index in [2.05, 4.69) is 13.0 Å². The molecule has 1 nitrogen and oxygen atoms in total. The van der Waals surface area contributed by atoms with E-state index in [9.17, 15) is 5.11 Å². The maximum absolute atomic E-state index is 10.7. The number of rotatable bonds is 2. The highest BCUT2D eigenvalue weighted by atomic mass is 16.3. The van der Waals surface area contributed by atoms with Gasteiger partial charge in [0.25, 0.3) is 0 Å². The van der Waals surface area contributed by atoms with E-state index in [4.69, 9.17) is 0 Å². The van der Waals surface area contributed by atoms with E-state index in [0.29, 0.717) is 0 Å². The Balaban J connectivity index is 2.41. The summed E-state index contributed by atoms with van der Waals surface area (Å²) in [4.78, 5) is 0. The molecule has 2 unspecified atom stereocenters. The molecule has 0 radical (unpaired) electrons. The van der Waals surface area contributed by atoms with Crippen molar-refractivity contribution in [1.82, 2.24) is 0 Å². The Morgan fingerprint density at radius 3 is 2.60 bits per heavy atom. The van der Waals surface area contributed by atoms with Gasteiger partial charge in [-0.05, 0) is 18.1 Å². The summed E-state index contributed by atoms with van der Waals surface area (Å²) in [5.74, 6) is 0.171. The molecule has 1 aromatic carbocycles. The van der Waals surface area contributed by atoms with Crippen molar-refractivity contribution in [1.29, 1.82) is 0 Å². The van der Waals surface area contributed by atoms with Gasteiger partial charge in [0.05, 0.1) is 0 Å². The summed E-state index contributed by atoms with van der Waals surface area (Å²) in [6.45, 7) is 2.10. The molecule has 1 aliphatic rings. The molecule has 0 aromatic heterocycles. The van der Waals surface area contributed by atoms with Crippen molar-refractivity contribution >= 4 is 0 Å². The Bertz CT molecular complexity index is 378. The van der Waals surface area contributed by atoms with E-state index < -0.39 is 5.60 Å². The van der Waals surface area contributed by atoms with Crippen LogP contribution in [0.2, 0.25) is 0 Å². The van der Waals surface area contributed by atoms with Crippen LogP contribution in [0.3, 0.4) is 0 Å². The van der Waals surface area contributed by atoms with Crippen molar-refractivity contribution in [2.75, 3.05) is 0 Å². The van der Waals surface area contributed by atoms with Gasteiger partial charge in [0.15, 0.2) is 0 Å². The fourth-order valence-electron chi connectivity index (χ4n) is 2.13. The lowest BCUT2D eigenvalue weighted by Crippen LogP contribution is -2.32. The van der Waals surface area contributed by atoms with Crippen molar-refractivity contribution in [2.45, 2.75) is 18.9 Å². The molecule has 1 heteroatoms. The Labute approximate surface area is 90.8 Å². The normalized spacial score (nSPS) is 29.3. The number of benzene rings is 1. The average molecular weight is 200 g/mol. The van der Waals surface area contributed by atoms with Gasteiger partial charge in [-0.15, -0.1) is 0 Å². The minimum absolute atomic E-state index is 0.171. The van der Waals surface area contributed by atoms with Crippen molar-refractivity contribution in [3.63, 3.8) is 0 Å². The molecular formula is C14H16O. The van der Waals surface area contributed by atoms with E-state index in [1.165, 1.54) is 0 Å². The molecule has 2 rings (SSSR count). The highest BCUT2D eigenvalue weighted by Gasteiger charge is 2.34. The monoisotopic (exact) mass is 200 g/mol. The molecule has 15 heavy (non-hydrogen) atoms. The zero-order valence-electron chi connectivity index (χ0n) is 8.93. The molecule has 0 bridgehead atoms. The second-order valence-corrected chi connectivity index (χ2v) is 3.95. The lowest BCUT2D eigenvalue weighted by molar-refractivity contribution is 0.0414. The number of aliphatic hydroxyl groups is 1. The topological polar surface area (TPSA) is 20.2 Å². The van der Waals surface area contributed by atoms with Gasteiger partial charge in [-0.3, -0.25) is 0 Å². The zero-order valence-corrected chi connectivity index (χ0v) is 8.93. The standard InChI is InChI=1S/C14H16O/c1-2-12-8-6-7-11-14(12,15)13-9-4-3-5-10-13/h3-12,15H,2H2,1H3. The summed E-state index contributed by atoms with van der Waals surface area (Å²) < 4.78 is 0. The van der Waals surface area contributed by atoms with Crippen LogP contribution < -0.4 is 0 Å². The van der Waals surface area contributed by atoms with Crippen LogP contribution in [-0.4, -0.2) is 5.11 Å². The second-order valence-electron chi connectivity index (χ2n) is 3.95. The van der Waals surface area contributed by atoms with Gasteiger partial charge in [0.2, 0.25) is 0 Å². The van der Waals surface area contributed by atoms with Crippen LogP contribution in [0, 0.1) is 5.92 Å². The van der Waals surface area contributed by atoms with Crippen molar-refractivity contribution in [3.8, 4) is 0 Å². The predicted octanol–water partition coefficient (Wildman–Crippen LogP) is 3.03. The van der Waals surface area contributed by atoms with Crippen molar-refractivity contribution in [2.24, 2.45) is 5.92 Å². The molecule has 0 heterocycles. The third-order valence-corrected chi connectivity index (χ3v) is 3.05. The highest BCUT2D eigenvalue weighted by molar-refractivity contribution is 5.33. The minimum atomic E-state index is -0.829. The number of allylic oxidation sites excluding steroid dienone is 2. The summed E-state index contributed by atoms with van der Waals surface area (Å²) in [6.07, 6.45) is 8.82. The first-order chi connectivity index (χ1) is 7.27. The summed E-state index contributed by atoms with van der Waals surface area (Å²) in [5.41, 5.74) is 0.141. The molecule has 78 valence electrons. The quantitative estimate of drug-likeness (QED) is 0.778. The molecule has 0 saturated heterocycles. The summed E-state index contributed by atoms with van der Waals surface area (Å²) in [6, 6.07) is 9.85. The van der Waals surface area contributed by atoms with Crippen LogP contribution >= 0.6 is 0 Å². The van der Waals surface area contributed by atoms with Crippen molar-refractivity contribution < 1.29 is 5.11 Å². The van der Waals surface area contributed by atoms with E-state index in [-0.39, 0.29) is 5.92 Å². The van der Waals surface area contributed by atoms with Crippen LogP contribution in [0.1, 0.15) is 18.9 Å². The van der Waals surface area contributed by atoms with E-state index in [1.807, 2.05) is 48.6 Å². The highest BCUT2D eigenvalue weighted by Crippen LogP contribution is 2.36. The van der Waals surface area contributed by atoms with E-state index in [1.54, 1.807) is 0 Å². The minimum Gasteiger partial charge on any atom is -0.380 e. The summed E-state index contributed by atoms with van der Waals surface area (Å²) in [7, 11) is 0. The van der Waals surface area contributed by atoms with Gasteiger partial charge < -0.3 is 5.11 Å². The van der Waals surface area contributed by atoms with Gasteiger partial charge in [0.1, 0.15) is 5.60 Å². The molecule has 1 aliphatic carbocycles. The fraction of sp³-hybridized carbons (Fsp3) is 0.286. The Hall–Kier alpha value is -1.34. The molecule has 2 atom stereocenters. The van der Waals surface area contributed by atoms with Gasteiger partial charge >= 0.3 is 0 Å². The van der Waals surface area contributed by atoms with Gasteiger partial charge in [-0.2, -0.15) is 0 Å². The summed E-state index contributed by atoms with van der Waals surface area (Å²) in [5, 5.41) is 10.7. The van der Waals surface area contributed by atoms with Gasteiger partial charge in [-0.1, -0.05) is 55.5 Å². The first-order valence-electron chi connectivity index (χ1n) is 5.41. The first kappa shape index (κ1) is 10.2. The van der Waals surface area contributed by atoms with Crippen LogP contribution in [0.15, 0.2) is 54.6 Å². The molecule has 0 fully saturated rings. The predicted molar refractivity (Wildman–Crippen MR) is 62.4 cm³/mol. The first-order valence-corrected chi connectivity index (χ1v) is 5.41. The fourth-order valence-corrected chi connectivity index (χ4v) is 2.13. The van der Waals surface area contributed by atoms with Crippen LogP contribution in [0.25, 0.3) is 0 Å². The molecule has 0 saturated carbocycles. The average Bonchev–Trinajstić information content (AvgIpc) is 2.31. The molecule has 0 aliphatic heterocycles. The molecule has 0 amide bonds. The van der Waals surface area contributed by atoms with E-state index >= 15 is 0 Å². The maximum atomic E-state index is 10.7. The third kappa shape index (κ3) is 1.75. The smallest absolute Gasteiger partial charge is 0.114 e. The van der Waals surface area contributed by atoms with Crippen LogP contribution in [0.4, 0.5) is 0 Å². The van der Waals surface area contributed by atoms with Gasteiger partial charge in [-0.25, -0.2) is 0 Å². The molecule has 0 spiro atoms. The SMILES string of the molecule is CCC1C=CC=CC1(O)c1ccccc1. The molecule has 1 N–H and O–H groups in total. The van der Waals surface area contributed by atoms with Crippen LogP contribution in [0.5, 0.6) is 0 Å². The van der Waals surface area contributed by atoms with Crippen molar-refractivity contribution in [3.05, 3.63) is 60.2 Å². The van der Waals surface area contributed by atoms with Gasteiger partial charge in [0, 0.05) is 5.92 Å². The third-order valence-electron chi connectivity index (χ3n) is 3.05. The maximum Gasteiger partial charge on any atom is 0.114 e. The largest absolute Gasteiger partial charge is 0.380 e. The summed E-state index contributed by atoms with van der Waals surface area (Å²) >= 11 is 0. The zero-order chi connectivity index (χ0) is 10.7. The molecule has 1 aromatic rings. The number of hydrogen-bond acceptors (Lipinski definition) is 1.